The highest BCUT2D eigenvalue weighted by Gasteiger charge is 2.48. The van der Waals surface area contributed by atoms with E-state index in [4.69, 9.17) is 0 Å². The maximum atomic E-state index is 14.1. The summed E-state index contributed by atoms with van der Waals surface area (Å²) in [5.74, 6) is -1.84. The molecule has 4 rings (SSSR count). The van der Waals surface area contributed by atoms with Gasteiger partial charge < -0.3 is 15.1 Å². The van der Waals surface area contributed by atoms with E-state index in [1.165, 1.54) is 30.3 Å². The van der Waals surface area contributed by atoms with Gasteiger partial charge in [0, 0.05) is 39.0 Å². The number of benzene rings is 2. The fourth-order valence-corrected chi connectivity index (χ4v) is 5.55. The lowest BCUT2D eigenvalue weighted by atomic mass is 9.62. The summed E-state index contributed by atoms with van der Waals surface area (Å²) >= 11 is 0. The van der Waals surface area contributed by atoms with Crippen molar-refractivity contribution in [3.8, 4) is 0 Å². The first-order valence-corrected chi connectivity index (χ1v) is 12.4. The molecule has 2 aromatic carbocycles. The van der Waals surface area contributed by atoms with Crippen molar-refractivity contribution < 1.29 is 23.2 Å². The van der Waals surface area contributed by atoms with Gasteiger partial charge in [-0.05, 0) is 54.0 Å². The third-order valence-corrected chi connectivity index (χ3v) is 7.81. The molecular weight excluding hydrogens is 464 g/mol. The Morgan fingerprint density at radius 2 is 1.67 bits per heavy atom. The highest BCUT2D eigenvalue weighted by Crippen LogP contribution is 2.50. The molecule has 2 atom stereocenters. The van der Waals surface area contributed by atoms with E-state index in [2.05, 4.69) is 5.32 Å². The molecule has 0 radical (unpaired) electrons. The summed E-state index contributed by atoms with van der Waals surface area (Å²) in [4.78, 5) is 42.3. The van der Waals surface area contributed by atoms with Gasteiger partial charge in [0.05, 0.1) is 5.56 Å². The molecule has 6 nitrogen and oxygen atoms in total. The second kappa shape index (κ2) is 10.4. The van der Waals surface area contributed by atoms with Crippen LogP contribution in [0.15, 0.2) is 48.5 Å². The lowest BCUT2D eigenvalue weighted by Gasteiger charge is -2.51. The van der Waals surface area contributed by atoms with Crippen molar-refractivity contribution >= 4 is 17.7 Å². The molecule has 1 spiro atoms. The van der Waals surface area contributed by atoms with E-state index in [-0.39, 0.29) is 40.4 Å². The molecule has 0 saturated carbocycles. The summed E-state index contributed by atoms with van der Waals surface area (Å²) in [5, 5.41) is 2.73. The van der Waals surface area contributed by atoms with E-state index in [0.717, 1.165) is 5.56 Å². The van der Waals surface area contributed by atoms with E-state index >= 15 is 0 Å². The van der Waals surface area contributed by atoms with Gasteiger partial charge in [0.15, 0.2) is 0 Å². The molecule has 1 unspecified atom stereocenters. The minimum absolute atomic E-state index is 0.0414. The zero-order chi connectivity index (χ0) is 26.0. The van der Waals surface area contributed by atoms with Gasteiger partial charge in [0.2, 0.25) is 11.8 Å². The minimum atomic E-state index is -0.793. The third-order valence-electron chi connectivity index (χ3n) is 7.81. The van der Waals surface area contributed by atoms with E-state index < -0.39 is 17.8 Å². The first-order valence-electron chi connectivity index (χ1n) is 12.4. The van der Waals surface area contributed by atoms with Crippen LogP contribution in [0.3, 0.4) is 0 Å². The van der Waals surface area contributed by atoms with Crippen LogP contribution in [0.2, 0.25) is 0 Å². The third kappa shape index (κ3) is 5.13. The van der Waals surface area contributed by atoms with Crippen molar-refractivity contribution in [3.05, 3.63) is 71.3 Å². The van der Waals surface area contributed by atoms with E-state index in [1.807, 2.05) is 13.8 Å². The first-order chi connectivity index (χ1) is 17.1. The minimum Gasteiger partial charge on any atom is -0.345 e. The Morgan fingerprint density at radius 3 is 2.28 bits per heavy atom. The average molecular weight is 498 g/mol. The number of rotatable bonds is 5. The Kier molecular flexibility index (Phi) is 7.43. The van der Waals surface area contributed by atoms with Gasteiger partial charge in [0.25, 0.3) is 5.91 Å². The lowest BCUT2D eigenvalue weighted by Crippen LogP contribution is -2.57. The van der Waals surface area contributed by atoms with Gasteiger partial charge in [0.1, 0.15) is 17.7 Å². The van der Waals surface area contributed by atoms with Crippen molar-refractivity contribution in [3.63, 3.8) is 0 Å². The molecular formula is C28H33F2N3O3. The topological polar surface area (TPSA) is 69.7 Å². The largest absolute Gasteiger partial charge is 0.345 e. The maximum absolute atomic E-state index is 14.1. The summed E-state index contributed by atoms with van der Waals surface area (Å²) in [7, 11) is 1.79. The van der Waals surface area contributed by atoms with Gasteiger partial charge >= 0.3 is 0 Å². The Morgan fingerprint density at radius 1 is 1.03 bits per heavy atom. The number of likely N-dealkylation sites (N-methyl/N-ethyl adjacent to an activating group) is 1. The molecule has 3 amide bonds. The van der Waals surface area contributed by atoms with Crippen LogP contribution in [0.25, 0.3) is 0 Å². The van der Waals surface area contributed by atoms with Crippen LogP contribution in [-0.4, -0.2) is 60.2 Å². The molecule has 8 heteroatoms. The molecule has 0 bridgehead atoms. The number of hydrogen-bond acceptors (Lipinski definition) is 3. The van der Waals surface area contributed by atoms with Crippen LogP contribution in [-0.2, 0) is 9.59 Å². The van der Waals surface area contributed by atoms with Crippen molar-refractivity contribution in [2.24, 2.45) is 11.3 Å². The normalized spacial score (nSPS) is 20.5. The zero-order valence-electron chi connectivity index (χ0n) is 21.0. The van der Waals surface area contributed by atoms with Crippen LogP contribution in [0.4, 0.5) is 8.78 Å². The van der Waals surface area contributed by atoms with E-state index in [0.29, 0.717) is 38.9 Å². The maximum Gasteiger partial charge on any atom is 0.254 e. The number of amides is 3. The highest BCUT2D eigenvalue weighted by atomic mass is 19.1. The molecule has 2 aromatic rings. The number of carbonyl (C=O) groups excluding carboxylic acids is 3. The van der Waals surface area contributed by atoms with Crippen molar-refractivity contribution in [2.45, 2.75) is 45.1 Å². The molecule has 0 aliphatic carbocycles. The number of nitrogens with one attached hydrogen (secondary N) is 1. The molecule has 2 heterocycles. The fraction of sp³-hybridized carbons (Fsp3) is 0.464. The molecule has 36 heavy (non-hydrogen) atoms. The van der Waals surface area contributed by atoms with Gasteiger partial charge in [-0.15, -0.1) is 0 Å². The van der Waals surface area contributed by atoms with E-state index in [1.54, 1.807) is 35.0 Å². The Bertz CT molecular complexity index is 1130. The number of carbonyl (C=O) groups is 3. The SMILES string of the molecule is CC(C)[C@@H](NC(=O)c1ccccc1F)C(=O)N1CCC2(CC1)CC(=O)N(C)CC2c1ccc(F)cc1. The molecule has 2 saturated heterocycles. The van der Waals surface area contributed by atoms with Crippen molar-refractivity contribution in [2.75, 3.05) is 26.7 Å². The zero-order valence-corrected chi connectivity index (χ0v) is 21.0. The smallest absolute Gasteiger partial charge is 0.254 e. The van der Waals surface area contributed by atoms with Crippen LogP contribution in [0.1, 0.15) is 54.9 Å². The van der Waals surface area contributed by atoms with Crippen LogP contribution < -0.4 is 5.32 Å². The van der Waals surface area contributed by atoms with Crippen LogP contribution in [0.5, 0.6) is 0 Å². The van der Waals surface area contributed by atoms with Gasteiger partial charge in [-0.3, -0.25) is 14.4 Å². The summed E-state index contributed by atoms with van der Waals surface area (Å²) in [6, 6.07) is 11.4. The number of hydrogen-bond donors (Lipinski definition) is 1. The second-order valence-corrected chi connectivity index (χ2v) is 10.4. The molecule has 1 N–H and O–H groups in total. The molecule has 0 aromatic heterocycles. The Balaban J connectivity index is 1.49. The number of likely N-dealkylation sites (tertiary alicyclic amines) is 2. The van der Waals surface area contributed by atoms with Crippen molar-refractivity contribution in [1.29, 1.82) is 0 Å². The van der Waals surface area contributed by atoms with Gasteiger partial charge in [-0.1, -0.05) is 38.1 Å². The molecule has 2 aliphatic rings. The standard InChI is InChI=1S/C28H33F2N3O3/c1-18(2)25(31-26(35)21-6-4-5-7-23(21)30)27(36)33-14-12-28(13-15-33)16-24(34)32(3)17-22(28)19-8-10-20(29)11-9-19/h4-11,18,22,25H,12-17H2,1-3H3,(H,31,35)/t22?,25-/m1/s1. The van der Waals surface area contributed by atoms with Gasteiger partial charge in [-0.25, -0.2) is 8.78 Å². The highest BCUT2D eigenvalue weighted by molar-refractivity contribution is 5.97. The predicted octanol–water partition coefficient (Wildman–Crippen LogP) is 3.97. The summed E-state index contributed by atoms with van der Waals surface area (Å²) in [6.07, 6.45) is 1.64. The molecule has 2 aliphatic heterocycles. The summed E-state index contributed by atoms with van der Waals surface area (Å²) < 4.78 is 27.7. The summed E-state index contributed by atoms with van der Waals surface area (Å²) in [5.41, 5.74) is 0.579. The first kappa shape index (κ1) is 25.8. The van der Waals surface area contributed by atoms with Gasteiger partial charge in [-0.2, -0.15) is 0 Å². The van der Waals surface area contributed by atoms with E-state index in [9.17, 15) is 23.2 Å². The number of nitrogens with zero attached hydrogens (tertiary/aromatic N) is 2. The number of piperidine rings is 2. The second-order valence-electron chi connectivity index (χ2n) is 10.4. The number of halogens is 2. The fourth-order valence-electron chi connectivity index (χ4n) is 5.55. The van der Waals surface area contributed by atoms with Crippen LogP contribution in [0, 0.1) is 23.0 Å². The molecule has 2 fully saturated rings. The lowest BCUT2D eigenvalue weighted by molar-refractivity contribution is -0.143. The monoisotopic (exact) mass is 497 g/mol. The summed E-state index contributed by atoms with van der Waals surface area (Å²) in [6.45, 7) is 5.13. The average Bonchev–Trinajstić information content (AvgIpc) is 2.85. The molecule has 192 valence electrons. The van der Waals surface area contributed by atoms with Crippen molar-refractivity contribution in [1.82, 2.24) is 15.1 Å². The Labute approximate surface area is 210 Å². The van der Waals surface area contributed by atoms with Crippen LogP contribution >= 0.6 is 0 Å². The quantitative estimate of drug-likeness (QED) is 0.680. The Hall–Kier alpha value is -3.29. The predicted molar refractivity (Wildman–Crippen MR) is 132 cm³/mol.